The molecule has 1 unspecified atom stereocenters. The molecule has 174 valence electrons. The van der Waals surface area contributed by atoms with Gasteiger partial charge in [0.25, 0.3) is 0 Å². The maximum atomic E-state index is 11.3. The van der Waals surface area contributed by atoms with Crippen molar-refractivity contribution in [2.75, 3.05) is 13.2 Å². The smallest absolute Gasteiger partial charge is 0.333 e. The Morgan fingerprint density at radius 2 is 1.73 bits per heavy atom. The van der Waals surface area contributed by atoms with Crippen LogP contribution in [-0.2, 0) is 33.7 Å². The van der Waals surface area contributed by atoms with Crippen molar-refractivity contribution in [2.45, 2.75) is 39.3 Å². The van der Waals surface area contributed by atoms with Gasteiger partial charge in [-0.3, -0.25) is 4.79 Å². The third kappa shape index (κ3) is 6.46. The predicted octanol–water partition coefficient (Wildman–Crippen LogP) is 4.20. The Bertz CT molecular complexity index is 1070. The Labute approximate surface area is 193 Å². The van der Waals surface area contributed by atoms with Crippen molar-refractivity contribution in [2.24, 2.45) is 0 Å². The van der Waals surface area contributed by atoms with E-state index in [9.17, 15) is 19.8 Å². The fraction of sp³-hybridized carbons (Fsp3) is 0.308. The number of hydrogen-bond donors (Lipinski definition) is 2. The standard InChI is InChI=1S/C26H29NO6/c1-3-32-24(26(30)31)15-19-9-11-22(12-10-19)33-14-13-27-18(2)21(17-25(28)29)16-23(27)20-7-5-4-6-8-20/h4-12,16,24H,3,13-15,17H2,1-2H3,(H,28,29)(H,30,31). The van der Waals surface area contributed by atoms with E-state index in [0.717, 1.165) is 28.1 Å². The minimum atomic E-state index is -0.976. The van der Waals surface area contributed by atoms with Crippen molar-refractivity contribution in [3.63, 3.8) is 0 Å². The highest BCUT2D eigenvalue weighted by molar-refractivity contribution is 5.73. The molecule has 0 amide bonds. The van der Waals surface area contributed by atoms with E-state index >= 15 is 0 Å². The van der Waals surface area contributed by atoms with Crippen LogP contribution in [0.25, 0.3) is 11.3 Å². The van der Waals surface area contributed by atoms with Crippen LogP contribution in [0.5, 0.6) is 5.75 Å². The summed E-state index contributed by atoms with van der Waals surface area (Å²) in [6.45, 7) is 5.00. The first-order valence-electron chi connectivity index (χ1n) is 10.9. The van der Waals surface area contributed by atoms with Crippen LogP contribution < -0.4 is 4.74 Å². The Kier molecular flexibility index (Phi) is 8.27. The lowest BCUT2D eigenvalue weighted by atomic mass is 10.1. The fourth-order valence-electron chi connectivity index (χ4n) is 3.79. The Balaban J connectivity index is 1.68. The van der Waals surface area contributed by atoms with E-state index in [1.807, 2.05) is 67.6 Å². The zero-order chi connectivity index (χ0) is 23.8. The summed E-state index contributed by atoms with van der Waals surface area (Å²) in [4.78, 5) is 22.5. The first kappa shape index (κ1) is 24.1. The van der Waals surface area contributed by atoms with Crippen molar-refractivity contribution in [1.82, 2.24) is 4.57 Å². The monoisotopic (exact) mass is 451 g/mol. The van der Waals surface area contributed by atoms with Crippen LogP contribution in [0, 0.1) is 6.92 Å². The van der Waals surface area contributed by atoms with Crippen molar-refractivity contribution in [3.05, 3.63) is 77.5 Å². The molecule has 0 aliphatic carbocycles. The Morgan fingerprint density at radius 1 is 1.03 bits per heavy atom. The van der Waals surface area contributed by atoms with E-state index in [4.69, 9.17) is 9.47 Å². The number of carboxylic acids is 2. The molecule has 3 aromatic rings. The molecular weight excluding hydrogens is 422 g/mol. The SMILES string of the molecule is CCOC(Cc1ccc(OCCn2c(-c3ccccc3)cc(CC(=O)O)c2C)cc1)C(=O)O. The number of aromatic nitrogens is 1. The van der Waals surface area contributed by atoms with Crippen LogP contribution in [0.1, 0.15) is 23.7 Å². The summed E-state index contributed by atoms with van der Waals surface area (Å²) in [6, 6.07) is 19.1. The first-order valence-corrected chi connectivity index (χ1v) is 10.9. The summed E-state index contributed by atoms with van der Waals surface area (Å²) in [7, 11) is 0. The third-order valence-corrected chi connectivity index (χ3v) is 5.45. The molecule has 0 bridgehead atoms. The lowest BCUT2D eigenvalue weighted by Crippen LogP contribution is -2.26. The summed E-state index contributed by atoms with van der Waals surface area (Å²) < 4.78 is 13.3. The highest BCUT2D eigenvalue weighted by atomic mass is 16.5. The van der Waals surface area contributed by atoms with Crippen molar-refractivity contribution in [1.29, 1.82) is 0 Å². The van der Waals surface area contributed by atoms with Crippen LogP contribution in [0.2, 0.25) is 0 Å². The van der Waals surface area contributed by atoms with Gasteiger partial charge in [0, 0.05) is 24.4 Å². The molecular formula is C26H29NO6. The second-order valence-electron chi connectivity index (χ2n) is 7.71. The quantitative estimate of drug-likeness (QED) is 0.428. The maximum Gasteiger partial charge on any atom is 0.333 e. The van der Waals surface area contributed by atoms with E-state index in [-0.39, 0.29) is 6.42 Å². The molecule has 1 aromatic heterocycles. The van der Waals surface area contributed by atoms with Gasteiger partial charge >= 0.3 is 11.9 Å². The molecule has 0 saturated heterocycles. The van der Waals surface area contributed by atoms with Crippen molar-refractivity contribution in [3.8, 4) is 17.0 Å². The van der Waals surface area contributed by atoms with Gasteiger partial charge in [0.2, 0.25) is 0 Å². The minimum absolute atomic E-state index is 0.0277. The van der Waals surface area contributed by atoms with Crippen LogP contribution >= 0.6 is 0 Å². The summed E-state index contributed by atoms with van der Waals surface area (Å²) in [5.41, 5.74) is 4.52. The highest BCUT2D eigenvalue weighted by Gasteiger charge is 2.18. The zero-order valence-electron chi connectivity index (χ0n) is 18.9. The maximum absolute atomic E-state index is 11.3. The molecule has 2 aromatic carbocycles. The highest BCUT2D eigenvalue weighted by Crippen LogP contribution is 2.26. The van der Waals surface area contributed by atoms with Crippen LogP contribution in [0.4, 0.5) is 0 Å². The molecule has 7 nitrogen and oxygen atoms in total. The molecule has 0 aliphatic rings. The Morgan fingerprint density at radius 3 is 2.33 bits per heavy atom. The lowest BCUT2D eigenvalue weighted by molar-refractivity contribution is -0.150. The van der Waals surface area contributed by atoms with Gasteiger partial charge in [-0.15, -0.1) is 0 Å². The molecule has 1 heterocycles. The second-order valence-corrected chi connectivity index (χ2v) is 7.71. The van der Waals surface area contributed by atoms with E-state index in [1.165, 1.54) is 0 Å². The average Bonchev–Trinajstić information content (AvgIpc) is 3.10. The number of ether oxygens (including phenoxy) is 2. The molecule has 2 N–H and O–H groups in total. The number of benzene rings is 2. The zero-order valence-corrected chi connectivity index (χ0v) is 18.9. The Hall–Kier alpha value is -3.58. The van der Waals surface area contributed by atoms with Gasteiger partial charge in [-0.1, -0.05) is 42.5 Å². The summed E-state index contributed by atoms with van der Waals surface area (Å²) in [5.74, 6) is -1.16. The molecule has 0 spiro atoms. The first-order chi connectivity index (χ1) is 15.9. The van der Waals surface area contributed by atoms with Gasteiger partial charge < -0.3 is 24.3 Å². The molecule has 0 aliphatic heterocycles. The van der Waals surface area contributed by atoms with E-state index in [1.54, 1.807) is 6.92 Å². The topological polar surface area (TPSA) is 98.0 Å². The van der Waals surface area contributed by atoms with E-state index < -0.39 is 18.0 Å². The normalized spacial score (nSPS) is 11.8. The van der Waals surface area contributed by atoms with E-state index in [0.29, 0.717) is 31.9 Å². The molecule has 0 saturated carbocycles. The number of nitrogens with zero attached hydrogens (tertiary/aromatic N) is 1. The molecule has 3 rings (SSSR count). The molecule has 1 atom stereocenters. The largest absolute Gasteiger partial charge is 0.492 e. The van der Waals surface area contributed by atoms with E-state index in [2.05, 4.69) is 4.57 Å². The van der Waals surface area contributed by atoms with Crippen LogP contribution in [0.15, 0.2) is 60.7 Å². The average molecular weight is 452 g/mol. The summed E-state index contributed by atoms with van der Waals surface area (Å²) in [6.07, 6.45) is -0.603. The van der Waals surface area contributed by atoms with Crippen molar-refractivity contribution < 1.29 is 29.3 Å². The third-order valence-electron chi connectivity index (χ3n) is 5.45. The lowest BCUT2D eigenvalue weighted by Gasteiger charge is -2.14. The van der Waals surface area contributed by atoms with Gasteiger partial charge in [0.15, 0.2) is 6.10 Å². The van der Waals surface area contributed by atoms with Gasteiger partial charge in [-0.25, -0.2) is 4.79 Å². The summed E-state index contributed by atoms with van der Waals surface area (Å²) in [5, 5.41) is 18.5. The van der Waals surface area contributed by atoms with Gasteiger partial charge in [0.1, 0.15) is 12.4 Å². The predicted molar refractivity (Wildman–Crippen MR) is 125 cm³/mol. The van der Waals surface area contributed by atoms with Crippen LogP contribution in [-0.4, -0.2) is 46.0 Å². The van der Waals surface area contributed by atoms with Gasteiger partial charge in [-0.05, 0) is 48.7 Å². The van der Waals surface area contributed by atoms with Crippen molar-refractivity contribution >= 4 is 11.9 Å². The second kappa shape index (κ2) is 11.3. The number of aliphatic carboxylic acids is 2. The molecule has 0 radical (unpaired) electrons. The number of carbonyl (C=O) groups is 2. The number of rotatable bonds is 12. The van der Waals surface area contributed by atoms with Gasteiger partial charge in [-0.2, -0.15) is 0 Å². The van der Waals surface area contributed by atoms with Crippen LogP contribution in [0.3, 0.4) is 0 Å². The number of carboxylic acid groups (broad SMARTS) is 2. The summed E-state index contributed by atoms with van der Waals surface area (Å²) >= 11 is 0. The molecule has 7 heteroatoms. The minimum Gasteiger partial charge on any atom is -0.492 e. The fourth-order valence-corrected chi connectivity index (χ4v) is 3.79. The van der Waals surface area contributed by atoms with Gasteiger partial charge in [0.05, 0.1) is 13.0 Å². The number of hydrogen-bond acceptors (Lipinski definition) is 4. The molecule has 0 fully saturated rings. The molecule has 33 heavy (non-hydrogen) atoms.